The van der Waals surface area contributed by atoms with Crippen LogP contribution in [-0.4, -0.2) is 30.1 Å². The molecule has 0 atom stereocenters. The van der Waals surface area contributed by atoms with Crippen LogP contribution in [0.1, 0.15) is 10.4 Å². The van der Waals surface area contributed by atoms with E-state index in [0.29, 0.717) is 5.69 Å². The molecule has 0 bridgehead atoms. The summed E-state index contributed by atoms with van der Waals surface area (Å²) in [5.74, 6) is -1.69. The van der Waals surface area contributed by atoms with E-state index in [1.54, 1.807) is 6.07 Å². The summed E-state index contributed by atoms with van der Waals surface area (Å²) < 4.78 is 5.06. The highest BCUT2D eigenvalue weighted by Crippen LogP contribution is 2.21. The van der Waals surface area contributed by atoms with Crippen LogP contribution in [-0.2, 0) is 4.79 Å². The maximum atomic E-state index is 11.2. The molecule has 94 valence electrons. The first-order valence-corrected chi connectivity index (χ1v) is 4.94. The standard InChI is InChI=1S/C11H11N3O4/c12-3-4-14-10(15)6-18-9-5-7(13)1-2-8(9)11(16)17/h1-2,5H,4,6,13H2,(H,14,15)(H,16,17). The van der Waals surface area contributed by atoms with Crippen molar-refractivity contribution in [2.45, 2.75) is 0 Å². The summed E-state index contributed by atoms with van der Waals surface area (Å²) in [7, 11) is 0. The SMILES string of the molecule is N#CCNC(=O)COc1cc(N)ccc1C(=O)O. The van der Waals surface area contributed by atoms with E-state index in [1.807, 2.05) is 0 Å². The molecule has 0 unspecified atom stereocenters. The number of carbonyl (C=O) groups excluding carboxylic acids is 1. The van der Waals surface area contributed by atoms with Gasteiger partial charge in [0.25, 0.3) is 5.91 Å². The van der Waals surface area contributed by atoms with Crippen LogP contribution in [0, 0.1) is 11.3 Å². The maximum absolute atomic E-state index is 11.2. The third-order valence-electron chi connectivity index (χ3n) is 1.96. The van der Waals surface area contributed by atoms with Crippen LogP contribution in [0.2, 0.25) is 0 Å². The van der Waals surface area contributed by atoms with Crippen molar-refractivity contribution in [3.63, 3.8) is 0 Å². The molecule has 0 radical (unpaired) electrons. The summed E-state index contributed by atoms with van der Waals surface area (Å²) in [6.45, 7) is -0.518. The van der Waals surface area contributed by atoms with E-state index in [-0.39, 0.29) is 24.5 Å². The highest BCUT2D eigenvalue weighted by atomic mass is 16.5. The zero-order valence-corrected chi connectivity index (χ0v) is 9.34. The van der Waals surface area contributed by atoms with Gasteiger partial charge in [0.2, 0.25) is 0 Å². The lowest BCUT2D eigenvalue weighted by atomic mass is 10.2. The number of carboxylic acid groups (broad SMARTS) is 1. The number of rotatable bonds is 5. The van der Waals surface area contributed by atoms with Crippen LogP contribution in [0.5, 0.6) is 5.75 Å². The van der Waals surface area contributed by atoms with E-state index in [2.05, 4.69) is 5.32 Å². The quantitative estimate of drug-likeness (QED) is 0.497. The van der Waals surface area contributed by atoms with Gasteiger partial charge < -0.3 is 20.9 Å². The number of nitriles is 1. The molecule has 0 aliphatic heterocycles. The van der Waals surface area contributed by atoms with E-state index in [0.717, 1.165) is 0 Å². The van der Waals surface area contributed by atoms with Gasteiger partial charge in [0.05, 0.1) is 6.07 Å². The van der Waals surface area contributed by atoms with Gasteiger partial charge in [0.1, 0.15) is 17.9 Å². The Morgan fingerprint density at radius 3 is 2.83 bits per heavy atom. The minimum absolute atomic E-state index is 0.00890. The molecule has 0 aromatic heterocycles. The van der Waals surface area contributed by atoms with Gasteiger partial charge >= 0.3 is 5.97 Å². The number of amides is 1. The van der Waals surface area contributed by atoms with Crippen molar-refractivity contribution in [3.8, 4) is 11.8 Å². The summed E-state index contributed by atoms with van der Waals surface area (Å²) in [5.41, 5.74) is 5.74. The van der Waals surface area contributed by atoms with Gasteiger partial charge in [-0.1, -0.05) is 0 Å². The Labute approximate surface area is 103 Å². The monoisotopic (exact) mass is 249 g/mol. The number of anilines is 1. The molecule has 7 nitrogen and oxygen atoms in total. The molecule has 1 rings (SSSR count). The molecule has 0 aliphatic rings. The minimum Gasteiger partial charge on any atom is -0.483 e. The first-order chi connectivity index (χ1) is 8.54. The summed E-state index contributed by atoms with van der Waals surface area (Å²) in [4.78, 5) is 22.1. The number of nitrogens with two attached hydrogens (primary N) is 1. The summed E-state index contributed by atoms with van der Waals surface area (Å²) in [6, 6.07) is 5.77. The zero-order valence-electron chi connectivity index (χ0n) is 9.34. The molecule has 0 saturated carbocycles. The molecule has 7 heteroatoms. The van der Waals surface area contributed by atoms with Gasteiger partial charge in [-0.25, -0.2) is 4.79 Å². The Morgan fingerprint density at radius 2 is 2.22 bits per heavy atom. The van der Waals surface area contributed by atoms with Crippen molar-refractivity contribution in [1.29, 1.82) is 5.26 Å². The first kappa shape index (κ1) is 13.3. The fourth-order valence-electron chi connectivity index (χ4n) is 1.17. The van der Waals surface area contributed by atoms with Crippen molar-refractivity contribution in [2.24, 2.45) is 0 Å². The minimum atomic E-state index is -1.18. The number of nitrogens with one attached hydrogen (secondary N) is 1. The third-order valence-corrected chi connectivity index (χ3v) is 1.96. The molecule has 4 N–H and O–H groups in total. The number of hydrogen-bond acceptors (Lipinski definition) is 5. The smallest absolute Gasteiger partial charge is 0.339 e. The Kier molecular flexibility index (Phi) is 4.51. The van der Waals surface area contributed by atoms with Crippen LogP contribution >= 0.6 is 0 Å². The number of ether oxygens (including phenoxy) is 1. The Balaban J connectivity index is 2.72. The fraction of sp³-hybridized carbons (Fsp3) is 0.182. The first-order valence-electron chi connectivity index (χ1n) is 4.94. The molecule has 0 aliphatic carbocycles. The topological polar surface area (TPSA) is 125 Å². The average molecular weight is 249 g/mol. The predicted molar refractivity (Wildman–Crippen MR) is 61.9 cm³/mol. The highest BCUT2D eigenvalue weighted by Gasteiger charge is 2.12. The number of carboxylic acids is 1. The summed E-state index contributed by atoms with van der Waals surface area (Å²) in [5, 5.41) is 19.4. The zero-order chi connectivity index (χ0) is 13.5. The van der Waals surface area contributed by atoms with E-state index in [9.17, 15) is 9.59 Å². The number of benzene rings is 1. The molecular weight excluding hydrogens is 238 g/mol. The van der Waals surface area contributed by atoms with Gasteiger partial charge in [0.15, 0.2) is 6.61 Å². The molecule has 0 heterocycles. The largest absolute Gasteiger partial charge is 0.483 e. The lowest BCUT2D eigenvalue weighted by Crippen LogP contribution is -2.29. The fourth-order valence-corrected chi connectivity index (χ4v) is 1.17. The Bertz CT molecular complexity index is 508. The van der Waals surface area contributed by atoms with Gasteiger partial charge in [-0.2, -0.15) is 5.26 Å². The molecule has 0 saturated heterocycles. The maximum Gasteiger partial charge on any atom is 0.339 e. The predicted octanol–water partition coefficient (Wildman–Crippen LogP) is -0.0144. The lowest BCUT2D eigenvalue weighted by Gasteiger charge is -2.09. The molecule has 1 aromatic carbocycles. The third kappa shape index (κ3) is 3.68. The molecule has 18 heavy (non-hydrogen) atoms. The summed E-state index contributed by atoms with van der Waals surface area (Å²) in [6.07, 6.45) is 0. The van der Waals surface area contributed by atoms with Crippen LogP contribution in [0.3, 0.4) is 0 Å². The van der Waals surface area contributed by atoms with Crippen LogP contribution < -0.4 is 15.8 Å². The van der Waals surface area contributed by atoms with Crippen molar-refractivity contribution in [2.75, 3.05) is 18.9 Å². The van der Waals surface area contributed by atoms with E-state index in [1.165, 1.54) is 18.2 Å². The Morgan fingerprint density at radius 1 is 1.50 bits per heavy atom. The second-order valence-electron chi connectivity index (χ2n) is 3.28. The molecule has 0 fully saturated rings. The number of hydrogen-bond donors (Lipinski definition) is 3. The molecule has 0 spiro atoms. The Hall–Kier alpha value is -2.75. The molecule has 1 amide bonds. The molecule has 1 aromatic rings. The average Bonchev–Trinajstić information content (AvgIpc) is 2.33. The molecular formula is C11H11N3O4. The van der Waals surface area contributed by atoms with E-state index in [4.69, 9.17) is 20.8 Å². The summed E-state index contributed by atoms with van der Waals surface area (Å²) >= 11 is 0. The van der Waals surface area contributed by atoms with Crippen molar-refractivity contribution < 1.29 is 19.4 Å². The highest BCUT2D eigenvalue weighted by molar-refractivity contribution is 5.91. The van der Waals surface area contributed by atoms with Crippen LogP contribution in [0.4, 0.5) is 5.69 Å². The number of nitrogen functional groups attached to an aromatic ring is 1. The van der Waals surface area contributed by atoms with Crippen LogP contribution in [0.15, 0.2) is 18.2 Å². The number of aromatic carboxylic acids is 1. The van der Waals surface area contributed by atoms with Crippen molar-refractivity contribution in [3.05, 3.63) is 23.8 Å². The second-order valence-corrected chi connectivity index (χ2v) is 3.28. The number of nitrogens with zero attached hydrogens (tertiary/aromatic N) is 1. The lowest BCUT2D eigenvalue weighted by molar-refractivity contribution is -0.122. The van der Waals surface area contributed by atoms with E-state index < -0.39 is 11.9 Å². The van der Waals surface area contributed by atoms with E-state index >= 15 is 0 Å². The van der Waals surface area contributed by atoms with Gasteiger partial charge in [-0.05, 0) is 12.1 Å². The second kappa shape index (κ2) is 6.10. The number of carbonyl (C=O) groups is 2. The van der Waals surface area contributed by atoms with Crippen molar-refractivity contribution >= 4 is 17.6 Å². The van der Waals surface area contributed by atoms with Crippen molar-refractivity contribution in [1.82, 2.24) is 5.32 Å². The van der Waals surface area contributed by atoms with Gasteiger partial charge in [-0.15, -0.1) is 0 Å². The normalized spacial score (nSPS) is 9.28. The van der Waals surface area contributed by atoms with Gasteiger partial charge in [0, 0.05) is 11.8 Å². The van der Waals surface area contributed by atoms with Gasteiger partial charge in [-0.3, -0.25) is 4.79 Å². The van der Waals surface area contributed by atoms with Crippen LogP contribution in [0.25, 0.3) is 0 Å².